The largest absolute Gasteiger partial charge is 0.317 e. The van der Waals surface area contributed by atoms with Crippen LogP contribution in [-0.4, -0.2) is 27.9 Å². The molecule has 0 atom stereocenters. The highest BCUT2D eigenvalue weighted by molar-refractivity contribution is 5.14. The fraction of sp³-hybridized carbons (Fsp3) is 0.882. The summed E-state index contributed by atoms with van der Waals surface area (Å²) in [5, 5.41) is 12.7. The van der Waals surface area contributed by atoms with Gasteiger partial charge in [-0.15, -0.1) is 10.2 Å². The van der Waals surface area contributed by atoms with Crippen molar-refractivity contribution in [2.75, 3.05) is 13.1 Å². The van der Waals surface area contributed by atoms with Crippen LogP contribution < -0.4 is 5.32 Å². The number of nitrogens with zero attached hydrogens (tertiary/aromatic N) is 3. The zero-order valence-electron chi connectivity index (χ0n) is 13.7. The molecule has 0 bridgehead atoms. The van der Waals surface area contributed by atoms with Crippen LogP contribution in [0.4, 0.5) is 0 Å². The van der Waals surface area contributed by atoms with E-state index in [0.29, 0.717) is 6.04 Å². The van der Waals surface area contributed by atoms with Crippen LogP contribution in [0.3, 0.4) is 0 Å². The molecule has 1 saturated heterocycles. The van der Waals surface area contributed by atoms with E-state index in [0.717, 1.165) is 18.9 Å². The van der Waals surface area contributed by atoms with Crippen LogP contribution in [0.2, 0.25) is 0 Å². The molecule has 1 aliphatic heterocycles. The zero-order chi connectivity index (χ0) is 14.7. The number of hydrogen-bond donors (Lipinski definition) is 1. The van der Waals surface area contributed by atoms with Gasteiger partial charge in [0, 0.05) is 11.5 Å². The first-order valence-electron chi connectivity index (χ1n) is 8.89. The number of aryl methyl sites for hydroxylation is 1. The molecule has 2 fully saturated rings. The van der Waals surface area contributed by atoms with Crippen LogP contribution in [0.15, 0.2) is 0 Å². The van der Waals surface area contributed by atoms with Crippen molar-refractivity contribution < 1.29 is 0 Å². The van der Waals surface area contributed by atoms with Crippen molar-refractivity contribution in [3.05, 3.63) is 11.6 Å². The average molecular weight is 290 g/mol. The molecular weight excluding hydrogens is 260 g/mol. The van der Waals surface area contributed by atoms with Gasteiger partial charge in [0.2, 0.25) is 0 Å². The summed E-state index contributed by atoms with van der Waals surface area (Å²) in [6.07, 6.45) is 11.7. The SMILES string of the molecule is CCCC1(c2nnc(C)n2C2CCCCC2)CCNCC1. The van der Waals surface area contributed by atoms with E-state index in [-0.39, 0.29) is 5.41 Å². The highest BCUT2D eigenvalue weighted by atomic mass is 15.3. The lowest BCUT2D eigenvalue weighted by Crippen LogP contribution is -2.42. The van der Waals surface area contributed by atoms with Gasteiger partial charge >= 0.3 is 0 Å². The summed E-state index contributed by atoms with van der Waals surface area (Å²) in [5.74, 6) is 2.43. The van der Waals surface area contributed by atoms with Crippen LogP contribution >= 0.6 is 0 Å². The molecule has 3 rings (SSSR count). The van der Waals surface area contributed by atoms with E-state index < -0.39 is 0 Å². The Morgan fingerprint density at radius 1 is 1.14 bits per heavy atom. The quantitative estimate of drug-likeness (QED) is 0.922. The fourth-order valence-electron chi connectivity index (χ4n) is 4.48. The summed E-state index contributed by atoms with van der Waals surface area (Å²) in [6, 6.07) is 0.646. The third-order valence-corrected chi connectivity index (χ3v) is 5.57. The maximum Gasteiger partial charge on any atom is 0.139 e. The molecule has 2 aliphatic rings. The normalized spacial score (nSPS) is 23.3. The summed E-state index contributed by atoms with van der Waals surface area (Å²) in [6.45, 7) is 6.69. The summed E-state index contributed by atoms with van der Waals surface area (Å²) in [7, 11) is 0. The van der Waals surface area contributed by atoms with Crippen molar-refractivity contribution in [3.63, 3.8) is 0 Å². The minimum Gasteiger partial charge on any atom is -0.317 e. The molecule has 1 aromatic heterocycles. The molecule has 0 radical (unpaired) electrons. The van der Waals surface area contributed by atoms with Gasteiger partial charge in [-0.25, -0.2) is 0 Å². The molecule has 1 N–H and O–H groups in total. The lowest BCUT2D eigenvalue weighted by Gasteiger charge is -2.38. The third-order valence-electron chi connectivity index (χ3n) is 5.57. The average Bonchev–Trinajstić information content (AvgIpc) is 2.92. The van der Waals surface area contributed by atoms with E-state index in [9.17, 15) is 0 Å². The monoisotopic (exact) mass is 290 g/mol. The highest BCUT2D eigenvalue weighted by Gasteiger charge is 2.39. The number of rotatable bonds is 4. The maximum atomic E-state index is 4.69. The summed E-state index contributed by atoms with van der Waals surface area (Å²) in [5.41, 5.74) is 0.263. The maximum absolute atomic E-state index is 4.69. The van der Waals surface area contributed by atoms with Crippen LogP contribution in [0, 0.1) is 6.92 Å². The second-order valence-corrected chi connectivity index (χ2v) is 7.01. The molecule has 2 heterocycles. The molecule has 0 aromatic carbocycles. The lowest BCUT2D eigenvalue weighted by molar-refractivity contribution is 0.243. The number of piperidine rings is 1. The topological polar surface area (TPSA) is 42.7 Å². The van der Waals surface area contributed by atoms with Crippen LogP contribution in [0.5, 0.6) is 0 Å². The molecule has 4 heteroatoms. The molecule has 1 saturated carbocycles. The van der Waals surface area contributed by atoms with Crippen molar-refractivity contribution in [3.8, 4) is 0 Å². The second-order valence-electron chi connectivity index (χ2n) is 7.01. The Bertz CT molecular complexity index is 448. The van der Waals surface area contributed by atoms with Gasteiger partial charge in [-0.3, -0.25) is 0 Å². The standard InChI is InChI=1S/C17H30N4/c1-3-9-17(10-12-18-13-11-17)16-20-19-14(2)21(16)15-7-5-4-6-8-15/h15,18H,3-13H2,1-2H3. The van der Waals surface area contributed by atoms with Gasteiger partial charge in [-0.2, -0.15) is 0 Å². The smallest absolute Gasteiger partial charge is 0.139 e. The Morgan fingerprint density at radius 3 is 2.52 bits per heavy atom. The Labute approximate surface area is 128 Å². The zero-order valence-corrected chi connectivity index (χ0v) is 13.7. The first-order valence-corrected chi connectivity index (χ1v) is 8.89. The Morgan fingerprint density at radius 2 is 1.86 bits per heavy atom. The molecule has 1 aromatic rings. The fourth-order valence-corrected chi connectivity index (χ4v) is 4.48. The molecule has 0 spiro atoms. The minimum absolute atomic E-state index is 0.263. The van der Waals surface area contributed by atoms with Gasteiger partial charge in [0.1, 0.15) is 11.6 Å². The first kappa shape index (κ1) is 15.0. The van der Waals surface area contributed by atoms with Gasteiger partial charge in [0.15, 0.2) is 0 Å². The highest BCUT2D eigenvalue weighted by Crippen LogP contribution is 2.40. The number of aromatic nitrogens is 3. The van der Waals surface area contributed by atoms with E-state index in [4.69, 9.17) is 5.10 Å². The molecule has 118 valence electrons. The summed E-state index contributed by atoms with van der Waals surface area (Å²) < 4.78 is 2.53. The van der Waals surface area contributed by atoms with E-state index in [1.807, 2.05) is 0 Å². The Hall–Kier alpha value is -0.900. The second kappa shape index (κ2) is 6.47. The van der Waals surface area contributed by atoms with Gasteiger partial charge in [0.05, 0.1) is 0 Å². The lowest BCUT2D eigenvalue weighted by atomic mass is 9.74. The Balaban J connectivity index is 1.95. The number of hydrogen-bond acceptors (Lipinski definition) is 3. The molecule has 1 aliphatic carbocycles. The van der Waals surface area contributed by atoms with Gasteiger partial charge in [-0.1, -0.05) is 32.6 Å². The van der Waals surface area contributed by atoms with Gasteiger partial charge in [-0.05, 0) is 52.1 Å². The predicted molar refractivity (Wildman–Crippen MR) is 85.6 cm³/mol. The van der Waals surface area contributed by atoms with Gasteiger partial charge < -0.3 is 9.88 Å². The molecule has 0 unspecified atom stereocenters. The molecular formula is C17H30N4. The van der Waals surface area contributed by atoms with Crippen molar-refractivity contribution in [1.82, 2.24) is 20.1 Å². The molecule has 21 heavy (non-hydrogen) atoms. The third kappa shape index (κ3) is 2.87. The summed E-state index contributed by atoms with van der Waals surface area (Å²) >= 11 is 0. The molecule has 0 amide bonds. The van der Waals surface area contributed by atoms with Crippen LogP contribution in [-0.2, 0) is 5.41 Å². The van der Waals surface area contributed by atoms with Gasteiger partial charge in [0.25, 0.3) is 0 Å². The Kier molecular flexibility index (Phi) is 4.63. The summed E-state index contributed by atoms with van der Waals surface area (Å²) in [4.78, 5) is 0. The van der Waals surface area contributed by atoms with E-state index in [1.54, 1.807) is 0 Å². The van der Waals surface area contributed by atoms with Crippen molar-refractivity contribution in [2.24, 2.45) is 0 Å². The van der Waals surface area contributed by atoms with E-state index in [1.165, 1.54) is 63.6 Å². The van der Waals surface area contributed by atoms with E-state index >= 15 is 0 Å². The first-order chi connectivity index (χ1) is 10.3. The molecule has 4 nitrogen and oxygen atoms in total. The van der Waals surface area contributed by atoms with Crippen molar-refractivity contribution in [1.29, 1.82) is 0 Å². The van der Waals surface area contributed by atoms with Crippen molar-refractivity contribution >= 4 is 0 Å². The minimum atomic E-state index is 0.263. The predicted octanol–water partition coefficient (Wildman–Crippen LogP) is 3.51. The van der Waals surface area contributed by atoms with Crippen molar-refractivity contribution in [2.45, 2.75) is 83.1 Å². The number of nitrogens with one attached hydrogen (secondary N) is 1. The van der Waals surface area contributed by atoms with E-state index in [2.05, 4.69) is 28.8 Å². The van der Waals surface area contributed by atoms with Crippen LogP contribution in [0.25, 0.3) is 0 Å². The van der Waals surface area contributed by atoms with Crippen LogP contribution in [0.1, 0.15) is 82.4 Å².